The lowest BCUT2D eigenvalue weighted by molar-refractivity contribution is -0.509. The van der Waals surface area contributed by atoms with Crippen LogP contribution in [0, 0.1) is 0 Å². The van der Waals surface area contributed by atoms with Gasteiger partial charge in [-0.3, -0.25) is 0 Å². The Balaban J connectivity index is 1.90. The Labute approximate surface area is 161 Å². The maximum Gasteiger partial charge on any atom is 0.227 e. The van der Waals surface area contributed by atoms with Crippen LogP contribution in [0.25, 0.3) is 59.7 Å². The summed E-state index contributed by atoms with van der Waals surface area (Å²) in [6, 6.07) is 31.0. The lowest BCUT2D eigenvalue weighted by Crippen LogP contribution is -2.21. The Kier molecular flexibility index (Phi) is 2.54. The zero-order chi connectivity index (χ0) is 18.2. The van der Waals surface area contributed by atoms with Gasteiger partial charge >= 0.3 is 0 Å². The van der Waals surface area contributed by atoms with Crippen LogP contribution in [0.2, 0.25) is 0 Å². The fourth-order valence-corrected chi connectivity index (χ4v) is 5.05. The maximum absolute atomic E-state index is 2.29. The van der Waals surface area contributed by atoms with Gasteiger partial charge in [-0.05, 0) is 38.1 Å². The van der Waals surface area contributed by atoms with E-state index < -0.39 is 0 Å². The van der Waals surface area contributed by atoms with Gasteiger partial charge in [0.15, 0.2) is 12.4 Å². The van der Waals surface area contributed by atoms with Crippen LogP contribution in [0.15, 0.2) is 97.3 Å². The molecule has 0 saturated carbocycles. The maximum atomic E-state index is 2.29. The van der Waals surface area contributed by atoms with Gasteiger partial charge < -0.3 is 0 Å². The molecule has 0 fully saturated rings. The van der Waals surface area contributed by atoms with Gasteiger partial charge in [0, 0.05) is 17.5 Å². The number of hydrogen-bond donors (Lipinski definition) is 0. The van der Waals surface area contributed by atoms with Gasteiger partial charge in [-0.25, -0.2) is 0 Å². The zero-order valence-electron chi connectivity index (χ0n) is 15.2. The second-order valence-corrected chi connectivity index (χ2v) is 7.64. The van der Waals surface area contributed by atoms with Crippen molar-refractivity contribution in [1.29, 1.82) is 0 Å². The summed E-state index contributed by atoms with van der Waals surface area (Å²) >= 11 is 0. The van der Waals surface area contributed by atoms with Gasteiger partial charge in [-0.15, -0.1) is 0 Å². The number of pyridine rings is 2. The Morgan fingerprint density at radius 1 is 0.464 bits per heavy atom. The second kappa shape index (κ2) is 4.96. The third-order valence-corrected chi connectivity index (χ3v) is 6.23. The third kappa shape index (κ3) is 1.65. The van der Waals surface area contributed by atoms with Crippen molar-refractivity contribution in [3.8, 4) is 11.1 Å². The minimum absolute atomic E-state index is 1.27. The minimum atomic E-state index is 1.27. The van der Waals surface area contributed by atoms with Crippen molar-refractivity contribution in [3.05, 3.63) is 97.3 Å². The highest BCUT2D eigenvalue weighted by Gasteiger charge is 2.23. The second-order valence-electron chi connectivity index (χ2n) is 7.64. The quantitative estimate of drug-likeness (QED) is 0.178. The summed E-state index contributed by atoms with van der Waals surface area (Å²) in [5.74, 6) is 0. The van der Waals surface area contributed by atoms with Crippen molar-refractivity contribution in [2.45, 2.75) is 0 Å². The number of hydrogen-bond acceptors (Lipinski definition) is 0. The molecule has 0 aliphatic carbocycles. The minimum Gasteiger partial charge on any atom is -0.166 e. The molecule has 1 nitrogen and oxygen atoms in total. The topological polar surface area (TPSA) is 4.10 Å². The van der Waals surface area contributed by atoms with Crippen molar-refractivity contribution in [2.75, 3.05) is 0 Å². The van der Waals surface area contributed by atoms with E-state index in [4.69, 9.17) is 0 Å². The average molecular weight is 354 g/mol. The molecule has 0 N–H and O–H groups in total. The van der Waals surface area contributed by atoms with Crippen LogP contribution in [0.1, 0.15) is 0 Å². The lowest BCUT2D eigenvalue weighted by atomic mass is 9.86. The summed E-state index contributed by atoms with van der Waals surface area (Å²) in [6.07, 6.45) is 4.37. The Morgan fingerprint density at radius 3 is 2.00 bits per heavy atom. The van der Waals surface area contributed by atoms with Crippen molar-refractivity contribution in [1.82, 2.24) is 0 Å². The van der Waals surface area contributed by atoms with Gasteiger partial charge in [0.25, 0.3) is 0 Å². The molecule has 0 spiro atoms. The van der Waals surface area contributed by atoms with Gasteiger partial charge in [0.1, 0.15) is 0 Å². The van der Waals surface area contributed by atoms with E-state index in [2.05, 4.69) is 102 Å². The predicted octanol–water partition coefficient (Wildman–Crippen LogP) is 6.58. The molecular formula is C27H16N+. The van der Waals surface area contributed by atoms with Gasteiger partial charge in [0.05, 0.1) is 10.8 Å². The molecular weight excluding hydrogens is 338 g/mol. The van der Waals surface area contributed by atoms with E-state index in [9.17, 15) is 0 Å². The first-order valence-electron chi connectivity index (χ1n) is 9.71. The highest BCUT2D eigenvalue weighted by Crippen LogP contribution is 2.44. The van der Waals surface area contributed by atoms with Crippen molar-refractivity contribution < 1.29 is 4.40 Å². The molecule has 0 aliphatic rings. The van der Waals surface area contributed by atoms with E-state index in [1.54, 1.807) is 0 Å². The Bertz CT molecular complexity index is 1630. The summed E-state index contributed by atoms with van der Waals surface area (Å²) in [5, 5.41) is 10.7. The van der Waals surface area contributed by atoms with Crippen LogP contribution in [0.3, 0.4) is 0 Å². The van der Waals surface area contributed by atoms with Crippen LogP contribution < -0.4 is 4.40 Å². The van der Waals surface area contributed by atoms with Crippen LogP contribution in [-0.2, 0) is 0 Å². The highest BCUT2D eigenvalue weighted by molar-refractivity contribution is 6.36. The van der Waals surface area contributed by atoms with Crippen LogP contribution in [-0.4, -0.2) is 0 Å². The van der Waals surface area contributed by atoms with E-state index in [0.717, 1.165) is 0 Å². The number of rotatable bonds is 1. The monoisotopic (exact) mass is 354 g/mol. The Hall–Kier alpha value is -3.71. The van der Waals surface area contributed by atoms with E-state index >= 15 is 0 Å². The molecule has 2 heterocycles. The molecule has 0 amide bonds. The van der Waals surface area contributed by atoms with Crippen LogP contribution in [0.5, 0.6) is 0 Å². The molecule has 0 bridgehead atoms. The molecule has 0 radical (unpaired) electrons. The number of benzene rings is 5. The third-order valence-electron chi connectivity index (χ3n) is 6.23. The first-order valence-corrected chi connectivity index (χ1v) is 9.71. The molecule has 0 saturated heterocycles. The summed E-state index contributed by atoms with van der Waals surface area (Å²) < 4.78 is 2.28. The van der Waals surface area contributed by atoms with Gasteiger partial charge in [-0.2, -0.15) is 4.40 Å². The largest absolute Gasteiger partial charge is 0.227 e. The molecule has 1 heteroatoms. The molecule has 0 aliphatic heterocycles. The summed E-state index contributed by atoms with van der Waals surface area (Å²) in [5.41, 5.74) is 3.91. The number of nitrogens with zero attached hydrogens (tertiary/aromatic N) is 1. The average Bonchev–Trinajstić information content (AvgIpc) is 2.77. The molecule has 0 atom stereocenters. The SMILES string of the molecule is c1ccc(-c2ccc3ccc4cc[n+]5ccc6cccc7c2c3c4c5c67)cc1. The van der Waals surface area contributed by atoms with E-state index in [-0.39, 0.29) is 0 Å². The summed E-state index contributed by atoms with van der Waals surface area (Å²) in [4.78, 5) is 0. The molecule has 7 rings (SSSR count). The molecule has 5 aromatic carbocycles. The molecule has 0 unspecified atom stereocenters. The van der Waals surface area contributed by atoms with E-state index in [1.807, 2.05) is 0 Å². The van der Waals surface area contributed by atoms with Crippen LogP contribution in [0.4, 0.5) is 0 Å². The highest BCUT2D eigenvalue weighted by atomic mass is 14.8. The summed E-state index contributed by atoms with van der Waals surface area (Å²) in [6.45, 7) is 0. The van der Waals surface area contributed by atoms with Crippen LogP contribution >= 0.6 is 0 Å². The fourth-order valence-electron chi connectivity index (χ4n) is 5.05. The fraction of sp³-hybridized carbons (Fsp3) is 0. The zero-order valence-corrected chi connectivity index (χ0v) is 15.2. The Morgan fingerprint density at radius 2 is 1.18 bits per heavy atom. The smallest absolute Gasteiger partial charge is 0.166 e. The molecule has 128 valence electrons. The first-order chi connectivity index (χ1) is 13.9. The predicted molar refractivity (Wildman–Crippen MR) is 117 cm³/mol. The van der Waals surface area contributed by atoms with E-state index in [1.165, 1.54) is 59.7 Å². The standard InChI is InChI=1S/C27H16N/c1-2-5-17(6-3-1)21-12-11-19-9-10-20-14-16-28-15-13-18-7-4-8-22-23(18)27(28)25(20)24(19)26(21)22/h1-16H/q+1. The van der Waals surface area contributed by atoms with Crippen molar-refractivity contribution in [2.24, 2.45) is 0 Å². The molecule has 7 aromatic rings. The molecule has 28 heavy (non-hydrogen) atoms. The van der Waals surface area contributed by atoms with Crippen molar-refractivity contribution in [3.63, 3.8) is 0 Å². The normalized spacial score (nSPS) is 12.3. The number of aromatic nitrogens is 1. The van der Waals surface area contributed by atoms with E-state index in [0.29, 0.717) is 0 Å². The number of fused-ring (bicyclic) bond motifs is 1. The van der Waals surface area contributed by atoms with Gasteiger partial charge in [-0.1, -0.05) is 72.8 Å². The first kappa shape index (κ1) is 14.4. The molecule has 2 aromatic heterocycles. The van der Waals surface area contributed by atoms with Crippen molar-refractivity contribution >= 4 is 48.6 Å². The lowest BCUT2D eigenvalue weighted by Gasteiger charge is -2.17. The van der Waals surface area contributed by atoms with Gasteiger partial charge in [0.2, 0.25) is 5.52 Å². The summed E-state index contributed by atoms with van der Waals surface area (Å²) in [7, 11) is 0.